The summed E-state index contributed by atoms with van der Waals surface area (Å²) in [5.41, 5.74) is 4.12. The number of hydrogen-bond donors (Lipinski definition) is 0. The van der Waals surface area contributed by atoms with Gasteiger partial charge in [0, 0.05) is 47.1 Å². The molecule has 2 nitrogen and oxygen atoms in total. The van der Waals surface area contributed by atoms with Crippen LogP contribution < -0.4 is 4.90 Å². The molecule has 0 aliphatic heterocycles. The lowest BCUT2D eigenvalue weighted by atomic mass is 10.1. The van der Waals surface area contributed by atoms with E-state index in [1.54, 1.807) is 0 Å². The van der Waals surface area contributed by atoms with Gasteiger partial charge in [0.1, 0.15) is 0 Å². The fourth-order valence-electron chi connectivity index (χ4n) is 4.41. The van der Waals surface area contributed by atoms with Gasteiger partial charge in [-0.3, -0.25) is 0 Å². The summed E-state index contributed by atoms with van der Waals surface area (Å²) in [6, 6.07) is 16.0. The molecule has 0 unspecified atom stereocenters. The van der Waals surface area contributed by atoms with Crippen molar-refractivity contribution in [3.63, 3.8) is 0 Å². The van der Waals surface area contributed by atoms with Crippen molar-refractivity contribution >= 4 is 27.5 Å². The second-order valence-corrected chi connectivity index (χ2v) is 8.07. The van der Waals surface area contributed by atoms with Crippen LogP contribution in [0.1, 0.15) is 72.1 Å². The number of nitrogens with zero attached hydrogens (tertiary/aromatic N) is 2. The number of para-hydroxylation sites is 1. The Balaban J connectivity index is 1.88. The van der Waals surface area contributed by atoms with Gasteiger partial charge >= 0.3 is 0 Å². The molecule has 2 heteroatoms. The van der Waals surface area contributed by atoms with E-state index in [0.29, 0.717) is 0 Å². The summed E-state index contributed by atoms with van der Waals surface area (Å²) in [5.74, 6) is 0. The Morgan fingerprint density at radius 3 is 1.96 bits per heavy atom. The van der Waals surface area contributed by atoms with Crippen LogP contribution in [0, 0.1) is 0 Å². The van der Waals surface area contributed by atoms with Crippen LogP contribution in [0.5, 0.6) is 0 Å². The quantitative estimate of drug-likeness (QED) is 0.292. The van der Waals surface area contributed by atoms with Gasteiger partial charge in [-0.05, 0) is 44.0 Å². The minimum atomic E-state index is 1.01. The van der Waals surface area contributed by atoms with Crippen LogP contribution in [0.3, 0.4) is 0 Å². The Morgan fingerprint density at radius 2 is 1.32 bits per heavy atom. The molecule has 0 amide bonds. The topological polar surface area (TPSA) is 8.17 Å². The molecule has 3 aromatic rings. The van der Waals surface area contributed by atoms with E-state index < -0.39 is 0 Å². The predicted octanol–water partition coefficient (Wildman–Crippen LogP) is 7.78. The zero-order chi connectivity index (χ0) is 19.8. The molecule has 0 saturated heterocycles. The first-order valence-corrected chi connectivity index (χ1v) is 11.6. The highest BCUT2D eigenvalue weighted by molar-refractivity contribution is 6.09. The number of benzene rings is 2. The summed E-state index contributed by atoms with van der Waals surface area (Å²) >= 11 is 0. The van der Waals surface area contributed by atoms with E-state index in [-0.39, 0.29) is 0 Å². The number of hydrogen-bond acceptors (Lipinski definition) is 1. The van der Waals surface area contributed by atoms with Crippen molar-refractivity contribution in [3.8, 4) is 0 Å². The molecule has 0 spiro atoms. The smallest absolute Gasteiger partial charge is 0.0492 e. The lowest BCUT2D eigenvalue weighted by Gasteiger charge is -2.25. The maximum Gasteiger partial charge on any atom is 0.0492 e. The maximum absolute atomic E-state index is 2.64. The monoisotopic (exact) mass is 378 g/mol. The first kappa shape index (κ1) is 20.8. The second-order valence-electron chi connectivity index (χ2n) is 8.07. The first-order chi connectivity index (χ1) is 13.8. The van der Waals surface area contributed by atoms with Gasteiger partial charge in [-0.2, -0.15) is 0 Å². The zero-order valence-electron chi connectivity index (χ0n) is 18.2. The average Bonchev–Trinajstić information content (AvgIpc) is 3.05. The summed E-state index contributed by atoms with van der Waals surface area (Å²) in [4.78, 5) is 2.64. The number of unbranched alkanes of at least 4 members (excludes halogenated alkanes) is 6. The minimum Gasteiger partial charge on any atom is -0.372 e. The predicted molar refractivity (Wildman–Crippen MR) is 126 cm³/mol. The van der Waals surface area contributed by atoms with Crippen molar-refractivity contribution in [2.75, 3.05) is 18.0 Å². The highest BCUT2D eigenvalue weighted by atomic mass is 15.1. The molecule has 28 heavy (non-hydrogen) atoms. The van der Waals surface area contributed by atoms with Crippen molar-refractivity contribution in [2.45, 2.75) is 78.7 Å². The summed E-state index contributed by atoms with van der Waals surface area (Å²) in [5, 5.41) is 2.79. The van der Waals surface area contributed by atoms with E-state index in [2.05, 4.69) is 72.7 Å². The Hall–Kier alpha value is -1.96. The minimum absolute atomic E-state index is 1.01. The van der Waals surface area contributed by atoms with E-state index >= 15 is 0 Å². The van der Waals surface area contributed by atoms with Crippen molar-refractivity contribution < 1.29 is 0 Å². The van der Waals surface area contributed by atoms with Crippen molar-refractivity contribution in [2.24, 2.45) is 0 Å². The van der Waals surface area contributed by atoms with Crippen LogP contribution in [0.2, 0.25) is 0 Å². The standard InChI is InChI=1S/C26H38N2/c1-4-7-9-13-19-27(20-14-10-8-5-2)22-17-18-26-24(21-22)23-15-11-12-16-25(23)28(26)6-3/h11-12,15-18,21H,4-10,13-14,19-20H2,1-3H3. The molecule has 0 fully saturated rings. The third kappa shape index (κ3) is 4.71. The van der Waals surface area contributed by atoms with Gasteiger partial charge in [-0.15, -0.1) is 0 Å². The number of fused-ring (bicyclic) bond motifs is 3. The highest BCUT2D eigenvalue weighted by Crippen LogP contribution is 2.32. The third-order valence-electron chi connectivity index (χ3n) is 6.00. The molecular weight excluding hydrogens is 340 g/mol. The number of aromatic nitrogens is 1. The maximum atomic E-state index is 2.64. The van der Waals surface area contributed by atoms with Crippen LogP contribution in [-0.2, 0) is 6.54 Å². The molecule has 0 bridgehead atoms. The van der Waals surface area contributed by atoms with Gasteiger partial charge in [0.15, 0.2) is 0 Å². The summed E-state index contributed by atoms with van der Waals surface area (Å²) in [7, 11) is 0. The molecule has 0 saturated carbocycles. The molecule has 2 aromatic carbocycles. The van der Waals surface area contributed by atoms with Crippen molar-refractivity contribution in [1.82, 2.24) is 4.57 Å². The number of rotatable bonds is 12. The van der Waals surface area contributed by atoms with Crippen LogP contribution in [-0.4, -0.2) is 17.7 Å². The molecule has 0 N–H and O–H groups in total. The van der Waals surface area contributed by atoms with Gasteiger partial charge in [0.25, 0.3) is 0 Å². The fourth-order valence-corrected chi connectivity index (χ4v) is 4.41. The molecule has 1 heterocycles. The summed E-state index contributed by atoms with van der Waals surface area (Å²) in [6.45, 7) is 10.2. The SMILES string of the molecule is CCCCCCN(CCCCCC)c1ccc2c(c1)c1ccccc1n2CC. The molecule has 0 aliphatic carbocycles. The van der Waals surface area contributed by atoms with E-state index in [0.717, 1.165) is 6.54 Å². The molecule has 152 valence electrons. The second kappa shape index (κ2) is 10.5. The molecule has 3 rings (SSSR count). The van der Waals surface area contributed by atoms with Gasteiger partial charge in [-0.1, -0.05) is 70.6 Å². The van der Waals surface area contributed by atoms with E-state index in [1.807, 2.05) is 0 Å². The van der Waals surface area contributed by atoms with E-state index in [1.165, 1.54) is 91.9 Å². The summed E-state index contributed by atoms with van der Waals surface area (Å²) in [6.07, 6.45) is 10.6. The summed E-state index contributed by atoms with van der Waals surface area (Å²) < 4.78 is 2.45. The van der Waals surface area contributed by atoms with E-state index in [4.69, 9.17) is 0 Å². The first-order valence-electron chi connectivity index (χ1n) is 11.6. The Morgan fingerprint density at radius 1 is 0.679 bits per heavy atom. The molecule has 0 atom stereocenters. The molecule has 0 aliphatic rings. The normalized spacial score (nSPS) is 11.5. The van der Waals surface area contributed by atoms with Gasteiger partial charge in [0.05, 0.1) is 0 Å². The van der Waals surface area contributed by atoms with E-state index in [9.17, 15) is 0 Å². The van der Waals surface area contributed by atoms with Crippen molar-refractivity contribution in [1.29, 1.82) is 0 Å². The largest absolute Gasteiger partial charge is 0.372 e. The Bertz CT molecular complexity index is 849. The molecule has 0 radical (unpaired) electrons. The Kier molecular flexibility index (Phi) is 7.82. The highest BCUT2D eigenvalue weighted by Gasteiger charge is 2.12. The lowest BCUT2D eigenvalue weighted by Crippen LogP contribution is -2.25. The third-order valence-corrected chi connectivity index (χ3v) is 6.00. The van der Waals surface area contributed by atoms with Crippen LogP contribution in [0.15, 0.2) is 42.5 Å². The number of anilines is 1. The molecule has 1 aromatic heterocycles. The number of aryl methyl sites for hydroxylation is 1. The van der Waals surface area contributed by atoms with Crippen LogP contribution in [0.25, 0.3) is 21.8 Å². The van der Waals surface area contributed by atoms with Gasteiger partial charge < -0.3 is 9.47 Å². The van der Waals surface area contributed by atoms with Gasteiger partial charge in [0.2, 0.25) is 0 Å². The lowest BCUT2D eigenvalue weighted by molar-refractivity contribution is 0.609. The van der Waals surface area contributed by atoms with Crippen LogP contribution >= 0.6 is 0 Å². The molecular formula is C26H38N2. The van der Waals surface area contributed by atoms with Crippen LogP contribution in [0.4, 0.5) is 5.69 Å². The average molecular weight is 379 g/mol. The fraction of sp³-hybridized carbons (Fsp3) is 0.538. The van der Waals surface area contributed by atoms with Crippen molar-refractivity contribution in [3.05, 3.63) is 42.5 Å². The Labute approximate surface area is 171 Å². The zero-order valence-corrected chi connectivity index (χ0v) is 18.2. The van der Waals surface area contributed by atoms with Gasteiger partial charge in [-0.25, -0.2) is 0 Å².